The summed E-state index contributed by atoms with van der Waals surface area (Å²) >= 11 is 2.32. The molecule has 434 valence electrons. The van der Waals surface area contributed by atoms with E-state index in [1.54, 1.807) is 35.0 Å². The Hall–Kier alpha value is -7.33. The van der Waals surface area contributed by atoms with Crippen LogP contribution in [0.5, 0.6) is 11.5 Å². The first-order chi connectivity index (χ1) is 45.2. The Morgan fingerprint density at radius 3 is 1.72 bits per heavy atom. The van der Waals surface area contributed by atoms with Crippen molar-refractivity contribution in [3.63, 3.8) is 0 Å². The van der Waals surface area contributed by atoms with Gasteiger partial charge in [0.1, 0.15) is 0 Å². The third-order valence-electron chi connectivity index (χ3n) is 18.7. The molecule has 11 aromatic rings. The standard InChI is InChI=1S/C79H82N4O.Pt/c1-50-41-69(80-48-62(50)70-71-63(76(8,9)37-39-78(71,12)13)47-64-72(70)79(14,15)40-38-77(64,10)11)83-65-32-20-19-29-60(65)61-36-35-57(46-68(61)83)84-56-28-23-27-55(45-56)81-49-82(67-34-22-21-33-66(67)81)73-58(51-25-17-16-18-26-51)30-24-31-59(73)52-42-53(74(2,3)4)44-54(43-52)75(5,6)7;/h16-36,41-48H,37-40H2,1-15H3;/i1D3,16D,17D,18D,19D,20D,25D,26D,29D,32D;. The van der Waals surface area contributed by atoms with E-state index >= 15 is 0 Å². The quantitative estimate of drug-likeness (QED) is 0.152. The normalized spacial score (nSPS) is 18.4. The first-order valence-electron chi connectivity index (χ1n) is 35.8. The van der Waals surface area contributed by atoms with Crippen LogP contribution < -0.4 is 4.74 Å². The average Bonchev–Trinajstić information content (AvgIpc) is 1.57. The van der Waals surface area contributed by atoms with Crippen LogP contribution in [0.1, 0.15) is 178 Å². The molecule has 8 aromatic carbocycles. The average molecular weight is 1310 g/mol. The van der Waals surface area contributed by atoms with Gasteiger partial charge in [0, 0.05) is 15.9 Å². The number of pyridine rings is 1. The monoisotopic (exact) mass is 1310 g/mol. The van der Waals surface area contributed by atoms with Crippen LogP contribution in [0, 0.1) is 10.7 Å². The zero-order valence-corrected chi connectivity index (χ0v) is 53.7. The van der Waals surface area contributed by atoms with Crippen molar-refractivity contribution in [1.82, 2.24) is 18.7 Å². The summed E-state index contributed by atoms with van der Waals surface area (Å²) in [6.07, 6.45) is 5.47. The second-order valence-electron chi connectivity index (χ2n) is 28.5. The number of aromatic nitrogens is 4. The van der Waals surface area contributed by atoms with Crippen LogP contribution in [-0.2, 0) is 51.8 Å². The maximum absolute atomic E-state index is 9.53. The number of imidazole rings is 1. The minimum absolute atomic E-state index is 0.0756. The number of hydrogen-bond acceptors (Lipinski definition) is 2. The van der Waals surface area contributed by atoms with E-state index < -0.39 is 37.1 Å². The summed E-state index contributed by atoms with van der Waals surface area (Å²) in [5.41, 5.74) is 12.8. The fourth-order valence-corrected chi connectivity index (χ4v) is 14.7. The van der Waals surface area contributed by atoms with Crippen molar-refractivity contribution in [2.75, 3.05) is 0 Å². The number of hydrogen-bond donors (Lipinski definition) is 0. The SMILES string of the molecule is [2H]c1c([2H])c([2H])c(-c2cccc(-c3cc(C(C)(C)C)cc(C(C)(C)C)c3)c2-n2[c](=[Pt])n(-c3cccc(Oc4ccc5c6c([2H])c([2H])c([2H])c([2H])c6n(-c6cc(C([2H])([2H])[2H])c(-c7c8c(cc9c7C(C)(C)CCC9(C)C)C(C)(C)CCC8(C)C)cn6)c5c4)c3)c3ccccc32)c([2H])c1[2H]. The second kappa shape index (κ2) is 20.1. The molecule has 6 heteroatoms. The van der Waals surface area contributed by atoms with Crippen LogP contribution in [0.2, 0.25) is 0 Å². The van der Waals surface area contributed by atoms with Gasteiger partial charge in [0.2, 0.25) is 0 Å². The van der Waals surface area contributed by atoms with Gasteiger partial charge in [0.25, 0.3) is 0 Å². The number of rotatable bonds is 8. The van der Waals surface area contributed by atoms with E-state index in [1.165, 1.54) is 11.1 Å². The molecule has 0 saturated heterocycles. The van der Waals surface area contributed by atoms with E-state index in [1.807, 2.05) is 66.7 Å². The molecule has 0 aliphatic heterocycles. The van der Waals surface area contributed by atoms with E-state index in [0.29, 0.717) is 48.7 Å². The van der Waals surface area contributed by atoms with E-state index in [9.17, 15) is 9.60 Å². The van der Waals surface area contributed by atoms with Gasteiger partial charge in [-0.3, -0.25) is 0 Å². The molecule has 3 aromatic heterocycles. The van der Waals surface area contributed by atoms with E-state index in [-0.39, 0.29) is 84.5 Å². The molecule has 85 heavy (non-hydrogen) atoms. The number of aryl methyl sites for hydroxylation is 1. The van der Waals surface area contributed by atoms with Crippen molar-refractivity contribution < 1.29 is 40.5 Å². The molecule has 0 unspecified atom stereocenters. The van der Waals surface area contributed by atoms with E-state index in [0.717, 1.165) is 75.7 Å². The third kappa shape index (κ3) is 9.63. The number of nitrogens with zero attached hydrogens (tertiary/aromatic N) is 4. The zero-order chi connectivity index (χ0) is 70.2. The minimum atomic E-state index is -2.66. The Morgan fingerprint density at radius 2 is 1.08 bits per heavy atom. The molecule has 0 fully saturated rings. The van der Waals surface area contributed by atoms with Crippen LogP contribution in [0.25, 0.3) is 83.4 Å². The van der Waals surface area contributed by atoms with Crippen LogP contribution >= 0.6 is 0 Å². The second-order valence-corrected chi connectivity index (χ2v) is 29.5. The summed E-state index contributed by atoms with van der Waals surface area (Å²) in [5.74, 6) is 0.976. The van der Waals surface area contributed by atoms with Gasteiger partial charge in [-0.05, 0) is 87.6 Å². The van der Waals surface area contributed by atoms with E-state index in [4.69, 9.17) is 16.6 Å². The Labute approximate surface area is 532 Å². The number of para-hydroxylation sites is 4. The number of ether oxygens (including phenoxy) is 1. The van der Waals surface area contributed by atoms with Crippen LogP contribution in [0.4, 0.5) is 0 Å². The molecule has 0 atom stereocenters. The first kappa shape index (κ1) is 44.2. The molecule has 0 saturated carbocycles. The molecule has 2 aliphatic carbocycles. The van der Waals surface area contributed by atoms with Gasteiger partial charge >= 0.3 is 352 Å². The van der Waals surface area contributed by atoms with Gasteiger partial charge in [-0.1, -0.05) is 73.5 Å². The Kier molecular flexibility index (Phi) is 10.5. The summed E-state index contributed by atoms with van der Waals surface area (Å²) in [6.45, 7) is 28.8. The molecule has 3 heterocycles. The van der Waals surface area contributed by atoms with Gasteiger partial charge in [-0.25, -0.2) is 0 Å². The maximum atomic E-state index is 9.53. The van der Waals surface area contributed by atoms with Crippen molar-refractivity contribution in [3.8, 4) is 62.1 Å². The summed E-state index contributed by atoms with van der Waals surface area (Å²) in [5, 5.41) is 0.745. The van der Waals surface area contributed by atoms with Crippen molar-refractivity contribution >= 4 is 32.8 Å². The van der Waals surface area contributed by atoms with E-state index in [2.05, 4.69) is 150 Å². The van der Waals surface area contributed by atoms with Gasteiger partial charge < -0.3 is 0 Å². The summed E-state index contributed by atoms with van der Waals surface area (Å²) in [7, 11) is 0. The van der Waals surface area contributed by atoms with Gasteiger partial charge in [-0.2, -0.15) is 0 Å². The fraction of sp³-hybridized carbons (Fsp3) is 0.316. The molecule has 5 nitrogen and oxygen atoms in total. The predicted molar refractivity (Wildman–Crippen MR) is 354 cm³/mol. The Bertz CT molecular complexity index is 5130. The summed E-state index contributed by atoms with van der Waals surface area (Å²) in [6, 6.07) is 34.0. The van der Waals surface area contributed by atoms with Crippen LogP contribution in [0.3, 0.4) is 0 Å². The molecule has 0 N–H and O–H groups in total. The molecular weight excluding hydrogens is 1220 g/mol. The molecule has 0 radical (unpaired) electrons. The Balaban J connectivity index is 1.00. The van der Waals surface area contributed by atoms with Gasteiger partial charge in [0.15, 0.2) is 0 Å². The summed E-state index contributed by atoms with van der Waals surface area (Å²) in [4.78, 5) is 5.24. The van der Waals surface area contributed by atoms with Crippen molar-refractivity contribution in [1.29, 1.82) is 0 Å². The molecule has 0 spiro atoms. The van der Waals surface area contributed by atoms with Crippen LogP contribution in [0.15, 0.2) is 176 Å². The van der Waals surface area contributed by atoms with Gasteiger partial charge in [-0.15, -0.1) is 0 Å². The number of benzene rings is 8. The predicted octanol–water partition coefficient (Wildman–Crippen LogP) is 21.4. The first-order valence-corrected chi connectivity index (χ1v) is 30.9. The molecule has 2 aliphatic rings. The fourth-order valence-electron chi connectivity index (χ4n) is 13.6. The molecule has 0 amide bonds. The molecular formula is C79H82N4OPt. The molecule has 0 bridgehead atoms. The topological polar surface area (TPSA) is 36.9 Å². The van der Waals surface area contributed by atoms with Crippen molar-refractivity contribution in [2.24, 2.45) is 0 Å². The third-order valence-corrected chi connectivity index (χ3v) is 19.7. The summed E-state index contributed by atoms with van der Waals surface area (Å²) < 4.78 is 124. The van der Waals surface area contributed by atoms with Gasteiger partial charge in [0.05, 0.1) is 5.48 Å². The van der Waals surface area contributed by atoms with Crippen LogP contribution in [-0.4, -0.2) is 18.7 Å². The van der Waals surface area contributed by atoms with Crippen molar-refractivity contribution in [3.05, 3.63) is 219 Å². The molecule has 13 rings (SSSR count). The Morgan fingerprint density at radius 1 is 0.506 bits per heavy atom. The number of fused-ring (bicyclic) bond motifs is 6. The zero-order valence-electron chi connectivity index (χ0n) is 63.4. The van der Waals surface area contributed by atoms with Crippen molar-refractivity contribution in [2.45, 2.75) is 162 Å².